The maximum atomic E-state index is 13.3. The van der Waals surface area contributed by atoms with Crippen LogP contribution in [0.4, 0.5) is 5.69 Å². The number of rotatable bonds is 1. The quantitative estimate of drug-likeness (QED) is 0.510. The summed E-state index contributed by atoms with van der Waals surface area (Å²) in [7, 11) is 0. The van der Waals surface area contributed by atoms with Gasteiger partial charge < -0.3 is 4.90 Å². The average molecular weight is 367 g/mol. The van der Waals surface area contributed by atoms with Crippen LogP contribution in [0.5, 0.6) is 0 Å². The Hall–Kier alpha value is -3.53. The third kappa shape index (κ3) is 2.28. The summed E-state index contributed by atoms with van der Waals surface area (Å²) in [6.07, 6.45) is 0.803. The highest BCUT2D eigenvalue weighted by Gasteiger charge is 2.34. The minimum atomic E-state index is -0.213. The molecule has 0 spiro atoms. The molecule has 0 saturated carbocycles. The Morgan fingerprint density at radius 3 is 2.18 bits per heavy atom. The van der Waals surface area contributed by atoms with Crippen LogP contribution in [0.1, 0.15) is 54.7 Å². The van der Waals surface area contributed by atoms with E-state index in [4.69, 9.17) is 0 Å². The summed E-state index contributed by atoms with van der Waals surface area (Å²) in [6.45, 7) is 2.02. The van der Waals surface area contributed by atoms with Crippen LogP contribution < -0.4 is 4.90 Å². The highest BCUT2D eigenvalue weighted by molar-refractivity contribution is 6.29. The molecule has 136 valence electrons. The van der Waals surface area contributed by atoms with Crippen molar-refractivity contribution in [2.24, 2.45) is 0 Å². The number of hydrogen-bond acceptors (Lipinski definition) is 3. The van der Waals surface area contributed by atoms with E-state index in [-0.39, 0.29) is 23.5 Å². The number of benzene rings is 3. The van der Waals surface area contributed by atoms with Crippen molar-refractivity contribution in [3.63, 3.8) is 0 Å². The zero-order valence-corrected chi connectivity index (χ0v) is 15.3. The second-order valence-corrected chi connectivity index (χ2v) is 7.32. The molecule has 0 N–H and O–H groups in total. The van der Waals surface area contributed by atoms with Crippen LogP contribution in [-0.4, -0.2) is 23.5 Å². The van der Waals surface area contributed by atoms with Crippen LogP contribution in [0.3, 0.4) is 0 Å². The highest BCUT2D eigenvalue weighted by atomic mass is 16.2. The van der Waals surface area contributed by atoms with Crippen LogP contribution in [0.15, 0.2) is 66.7 Å². The molecule has 0 radical (unpaired) electrons. The lowest BCUT2D eigenvalue weighted by molar-refractivity contribution is 0.0972. The Morgan fingerprint density at radius 2 is 1.43 bits per heavy atom. The highest BCUT2D eigenvalue weighted by Crippen LogP contribution is 2.34. The zero-order valence-electron chi connectivity index (χ0n) is 15.3. The van der Waals surface area contributed by atoms with Crippen molar-refractivity contribution in [3.05, 3.63) is 100 Å². The number of anilines is 1. The predicted molar refractivity (Wildman–Crippen MR) is 106 cm³/mol. The van der Waals surface area contributed by atoms with E-state index in [9.17, 15) is 14.4 Å². The molecule has 0 aromatic heterocycles. The van der Waals surface area contributed by atoms with E-state index < -0.39 is 0 Å². The van der Waals surface area contributed by atoms with E-state index in [0.29, 0.717) is 27.8 Å². The van der Waals surface area contributed by atoms with Crippen molar-refractivity contribution in [2.75, 3.05) is 4.90 Å². The maximum absolute atomic E-state index is 13.3. The van der Waals surface area contributed by atoms with E-state index in [1.54, 1.807) is 47.4 Å². The molecule has 28 heavy (non-hydrogen) atoms. The Kier molecular flexibility index (Phi) is 3.56. The van der Waals surface area contributed by atoms with Crippen molar-refractivity contribution < 1.29 is 14.4 Å². The van der Waals surface area contributed by atoms with Crippen molar-refractivity contribution in [2.45, 2.75) is 19.4 Å². The van der Waals surface area contributed by atoms with Gasteiger partial charge in [-0.3, -0.25) is 14.4 Å². The first-order valence-corrected chi connectivity index (χ1v) is 9.30. The van der Waals surface area contributed by atoms with E-state index in [1.807, 2.05) is 31.2 Å². The van der Waals surface area contributed by atoms with E-state index in [0.717, 1.165) is 17.7 Å². The molecule has 0 saturated heterocycles. The normalized spacial score (nSPS) is 17.2. The van der Waals surface area contributed by atoms with Gasteiger partial charge in [0.25, 0.3) is 5.91 Å². The van der Waals surface area contributed by atoms with E-state index in [2.05, 4.69) is 0 Å². The van der Waals surface area contributed by atoms with Gasteiger partial charge in [-0.1, -0.05) is 42.5 Å². The van der Waals surface area contributed by atoms with Gasteiger partial charge in [0, 0.05) is 39.5 Å². The van der Waals surface area contributed by atoms with Gasteiger partial charge in [0.15, 0.2) is 11.6 Å². The molecular weight excluding hydrogens is 350 g/mol. The number of para-hydroxylation sites is 1. The number of carbonyl (C=O) groups excluding carboxylic acids is 3. The Bertz CT molecular complexity index is 1180. The number of ketones is 2. The zero-order chi connectivity index (χ0) is 19.4. The topological polar surface area (TPSA) is 54.5 Å². The van der Waals surface area contributed by atoms with E-state index >= 15 is 0 Å². The minimum absolute atomic E-state index is 0.0407. The lowest BCUT2D eigenvalue weighted by Gasteiger charge is -2.24. The van der Waals surface area contributed by atoms with Crippen molar-refractivity contribution in [1.82, 2.24) is 0 Å². The number of carbonyl (C=O) groups is 3. The van der Waals surface area contributed by atoms with Crippen LogP contribution in [-0.2, 0) is 6.42 Å². The fourth-order valence-corrected chi connectivity index (χ4v) is 4.25. The van der Waals surface area contributed by atoms with Crippen molar-refractivity contribution in [3.8, 4) is 0 Å². The first-order chi connectivity index (χ1) is 13.6. The second kappa shape index (κ2) is 5.99. The van der Waals surface area contributed by atoms with Crippen LogP contribution in [0, 0.1) is 0 Å². The molecule has 0 fully saturated rings. The number of nitrogens with zero attached hydrogens (tertiary/aromatic N) is 1. The standard InChI is InChI=1S/C24H17NO3/c1-14-12-15-6-2-5-9-21(15)25(14)24(28)16-10-11-19-20(13-16)23(27)18-8-4-3-7-17(18)22(19)26/h2-11,13-14H,12H2,1H3/t14-/m0/s1. The van der Waals surface area contributed by atoms with Gasteiger partial charge >= 0.3 is 0 Å². The molecule has 0 unspecified atom stereocenters. The lowest BCUT2D eigenvalue weighted by Crippen LogP contribution is -2.36. The third-order valence-corrected chi connectivity index (χ3v) is 5.60. The van der Waals surface area contributed by atoms with Gasteiger partial charge in [0.1, 0.15) is 0 Å². The molecule has 0 bridgehead atoms. The molecule has 1 aliphatic carbocycles. The smallest absolute Gasteiger partial charge is 0.258 e. The van der Waals surface area contributed by atoms with Crippen LogP contribution >= 0.6 is 0 Å². The molecule has 1 aliphatic heterocycles. The lowest BCUT2D eigenvalue weighted by atomic mass is 9.83. The van der Waals surface area contributed by atoms with Crippen LogP contribution in [0.2, 0.25) is 0 Å². The predicted octanol–water partition coefficient (Wildman–Crippen LogP) is 4.05. The SMILES string of the molecule is C[C@H]1Cc2ccccc2N1C(=O)c1ccc2c(c1)C(=O)c1ccccc1C2=O. The average Bonchev–Trinajstić information content (AvgIpc) is 3.06. The Balaban J connectivity index is 1.58. The summed E-state index contributed by atoms with van der Waals surface area (Å²) >= 11 is 0. The van der Waals surface area contributed by atoms with Gasteiger partial charge in [-0.05, 0) is 43.2 Å². The molecular formula is C24H17NO3. The van der Waals surface area contributed by atoms with Gasteiger partial charge in [-0.25, -0.2) is 0 Å². The van der Waals surface area contributed by atoms with Gasteiger partial charge in [-0.15, -0.1) is 0 Å². The van der Waals surface area contributed by atoms with Gasteiger partial charge in [-0.2, -0.15) is 0 Å². The molecule has 3 aromatic carbocycles. The number of hydrogen-bond donors (Lipinski definition) is 0. The summed E-state index contributed by atoms with van der Waals surface area (Å²) in [5.74, 6) is -0.543. The molecule has 2 aliphatic rings. The molecule has 4 heteroatoms. The largest absolute Gasteiger partial charge is 0.305 e. The number of amides is 1. The fraction of sp³-hybridized carbons (Fsp3) is 0.125. The molecule has 3 aromatic rings. The third-order valence-electron chi connectivity index (χ3n) is 5.60. The molecule has 1 atom stereocenters. The van der Waals surface area contributed by atoms with Gasteiger partial charge in [0.05, 0.1) is 0 Å². The summed E-state index contributed by atoms with van der Waals surface area (Å²) in [6, 6.07) is 19.5. The minimum Gasteiger partial charge on any atom is -0.305 e. The second-order valence-electron chi connectivity index (χ2n) is 7.32. The summed E-state index contributed by atoms with van der Waals surface area (Å²) < 4.78 is 0. The first-order valence-electron chi connectivity index (χ1n) is 9.30. The Morgan fingerprint density at radius 1 is 0.821 bits per heavy atom. The molecule has 1 amide bonds. The molecule has 5 rings (SSSR count). The van der Waals surface area contributed by atoms with E-state index in [1.165, 1.54) is 0 Å². The number of fused-ring (bicyclic) bond motifs is 3. The summed E-state index contributed by atoms with van der Waals surface area (Å²) in [5, 5.41) is 0. The van der Waals surface area contributed by atoms with Gasteiger partial charge in [0.2, 0.25) is 0 Å². The Labute approximate surface area is 162 Å². The van der Waals surface area contributed by atoms with Crippen LogP contribution in [0.25, 0.3) is 0 Å². The fourth-order valence-electron chi connectivity index (χ4n) is 4.25. The first kappa shape index (κ1) is 16.6. The molecule has 1 heterocycles. The summed E-state index contributed by atoms with van der Waals surface area (Å²) in [5.41, 5.74) is 3.94. The summed E-state index contributed by atoms with van der Waals surface area (Å²) in [4.78, 5) is 40.7. The maximum Gasteiger partial charge on any atom is 0.258 e. The van der Waals surface area contributed by atoms with Crippen molar-refractivity contribution in [1.29, 1.82) is 0 Å². The molecule has 4 nitrogen and oxygen atoms in total. The monoisotopic (exact) mass is 367 g/mol. The van der Waals surface area contributed by atoms with Crippen molar-refractivity contribution >= 4 is 23.2 Å².